The largest absolute Gasteiger partial charge is 0.303 e. The van der Waals surface area contributed by atoms with Crippen LogP contribution < -0.4 is 0 Å². The fourth-order valence-electron chi connectivity index (χ4n) is 4.03. The molecular formula is C17H31NO. The molecule has 0 unspecified atom stereocenters. The highest BCUT2D eigenvalue weighted by molar-refractivity contribution is 5.59. The first kappa shape index (κ1) is 15.0. The van der Waals surface area contributed by atoms with E-state index in [0.29, 0.717) is 0 Å². The van der Waals surface area contributed by atoms with E-state index in [1.165, 1.54) is 70.7 Å². The molecule has 2 aliphatic rings. The molecule has 2 fully saturated rings. The van der Waals surface area contributed by atoms with Gasteiger partial charge < -0.3 is 9.69 Å². The molecule has 2 heteroatoms. The van der Waals surface area contributed by atoms with Gasteiger partial charge in [-0.2, -0.15) is 0 Å². The quantitative estimate of drug-likeness (QED) is 0.552. The normalized spacial score (nSPS) is 25.9. The van der Waals surface area contributed by atoms with Gasteiger partial charge in [0.2, 0.25) is 0 Å². The molecule has 0 amide bonds. The van der Waals surface area contributed by atoms with Crippen molar-refractivity contribution < 1.29 is 4.79 Å². The van der Waals surface area contributed by atoms with Gasteiger partial charge in [0.15, 0.2) is 0 Å². The lowest BCUT2D eigenvalue weighted by atomic mass is 9.80. The Balaban J connectivity index is 1.83. The van der Waals surface area contributed by atoms with Crippen molar-refractivity contribution in [1.82, 2.24) is 4.90 Å². The Bertz CT molecular complexity index is 260. The average molecular weight is 265 g/mol. The van der Waals surface area contributed by atoms with Gasteiger partial charge in [-0.05, 0) is 44.7 Å². The van der Waals surface area contributed by atoms with Crippen LogP contribution in [0.25, 0.3) is 0 Å². The summed E-state index contributed by atoms with van der Waals surface area (Å²) in [4.78, 5) is 14.2. The van der Waals surface area contributed by atoms with Crippen LogP contribution in [-0.2, 0) is 4.79 Å². The second-order valence-corrected chi connectivity index (χ2v) is 6.90. The predicted molar refractivity (Wildman–Crippen MR) is 80.3 cm³/mol. The molecule has 0 atom stereocenters. The number of hydrogen-bond acceptors (Lipinski definition) is 2. The van der Waals surface area contributed by atoms with Crippen LogP contribution in [0.3, 0.4) is 0 Å². The fourth-order valence-corrected chi connectivity index (χ4v) is 4.03. The van der Waals surface area contributed by atoms with Crippen LogP contribution in [0, 0.1) is 11.3 Å². The third-order valence-electron chi connectivity index (χ3n) is 5.29. The average Bonchev–Trinajstić information content (AvgIpc) is 2.68. The molecule has 0 aromatic heterocycles. The lowest BCUT2D eigenvalue weighted by molar-refractivity contribution is -0.118. The molecule has 1 heterocycles. The summed E-state index contributed by atoms with van der Waals surface area (Å²) in [7, 11) is 0. The number of hydrogen-bond donors (Lipinski definition) is 0. The molecule has 1 saturated carbocycles. The number of carbonyl (C=O) groups excluding carboxylic acids is 1. The lowest BCUT2D eigenvalue weighted by Crippen LogP contribution is -2.42. The molecule has 0 aromatic rings. The summed E-state index contributed by atoms with van der Waals surface area (Å²) in [6, 6.07) is 0. The van der Waals surface area contributed by atoms with Crippen molar-refractivity contribution in [2.45, 2.75) is 71.1 Å². The highest BCUT2D eigenvalue weighted by Crippen LogP contribution is 2.35. The van der Waals surface area contributed by atoms with Gasteiger partial charge in [-0.15, -0.1) is 0 Å². The molecule has 0 radical (unpaired) electrons. The van der Waals surface area contributed by atoms with Gasteiger partial charge in [0.1, 0.15) is 6.29 Å². The minimum absolute atomic E-state index is 0.00586. The number of piperidine rings is 1. The Morgan fingerprint density at radius 1 is 1.11 bits per heavy atom. The molecular weight excluding hydrogens is 234 g/mol. The summed E-state index contributed by atoms with van der Waals surface area (Å²) in [5.41, 5.74) is -0.00586. The van der Waals surface area contributed by atoms with Gasteiger partial charge in [0.05, 0.1) is 0 Å². The van der Waals surface area contributed by atoms with Crippen LogP contribution in [0.2, 0.25) is 0 Å². The van der Waals surface area contributed by atoms with Gasteiger partial charge in [0.25, 0.3) is 0 Å². The zero-order valence-corrected chi connectivity index (χ0v) is 12.7. The summed E-state index contributed by atoms with van der Waals surface area (Å²) >= 11 is 0. The topological polar surface area (TPSA) is 20.3 Å². The Labute approximate surface area is 118 Å². The third kappa shape index (κ3) is 4.30. The van der Waals surface area contributed by atoms with E-state index in [2.05, 4.69) is 11.8 Å². The van der Waals surface area contributed by atoms with Crippen molar-refractivity contribution in [1.29, 1.82) is 0 Å². The predicted octanol–water partition coefficient (Wildman–Crippen LogP) is 4.04. The van der Waals surface area contributed by atoms with E-state index in [1.54, 1.807) is 0 Å². The van der Waals surface area contributed by atoms with Crippen molar-refractivity contribution in [3.63, 3.8) is 0 Å². The minimum atomic E-state index is -0.00586. The molecule has 0 N–H and O–H groups in total. The highest BCUT2D eigenvalue weighted by atomic mass is 16.1. The summed E-state index contributed by atoms with van der Waals surface area (Å²) < 4.78 is 0. The van der Waals surface area contributed by atoms with Crippen LogP contribution >= 0.6 is 0 Å². The number of carbonyl (C=O) groups is 1. The molecule has 0 bridgehead atoms. The molecule has 110 valence electrons. The van der Waals surface area contributed by atoms with E-state index < -0.39 is 0 Å². The van der Waals surface area contributed by atoms with Crippen molar-refractivity contribution in [3.05, 3.63) is 0 Å². The van der Waals surface area contributed by atoms with Crippen LogP contribution in [-0.4, -0.2) is 30.8 Å². The molecule has 2 rings (SSSR count). The molecule has 2 nitrogen and oxygen atoms in total. The van der Waals surface area contributed by atoms with Crippen LogP contribution in [0.5, 0.6) is 0 Å². The summed E-state index contributed by atoms with van der Waals surface area (Å²) in [5, 5.41) is 0. The lowest BCUT2D eigenvalue weighted by Gasteiger charge is -2.38. The molecule has 0 aromatic carbocycles. The Kier molecular flexibility index (Phi) is 5.87. The van der Waals surface area contributed by atoms with Gasteiger partial charge in [0, 0.05) is 12.0 Å². The molecule has 1 aliphatic carbocycles. The Morgan fingerprint density at radius 2 is 1.74 bits per heavy atom. The first-order valence-electron chi connectivity index (χ1n) is 8.47. The van der Waals surface area contributed by atoms with E-state index in [4.69, 9.17) is 0 Å². The maximum Gasteiger partial charge on any atom is 0.127 e. The number of nitrogens with zero attached hydrogens (tertiary/aromatic N) is 1. The Hall–Kier alpha value is -0.370. The third-order valence-corrected chi connectivity index (χ3v) is 5.29. The van der Waals surface area contributed by atoms with E-state index >= 15 is 0 Å². The SMILES string of the molecule is CCCC1CCN(CC2(C=O)CCCCCC2)CC1. The van der Waals surface area contributed by atoms with E-state index in [1.807, 2.05) is 0 Å². The second-order valence-electron chi connectivity index (χ2n) is 6.90. The number of aldehydes is 1. The van der Waals surface area contributed by atoms with Crippen molar-refractivity contribution in [3.8, 4) is 0 Å². The highest BCUT2D eigenvalue weighted by Gasteiger charge is 2.33. The van der Waals surface area contributed by atoms with Gasteiger partial charge in [-0.25, -0.2) is 0 Å². The van der Waals surface area contributed by atoms with Gasteiger partial charge in [-0.1, -0.05) is 45.4 Å². The van der Waals surface area contributed by atoms with Crippen LogP contribution in [0.1, 0.15) is 71.1 Å². The van der Waals surface area contributed by atoms with Crippen molar-refractivity contribution in [2.24, 2.45) is 11.3 Å². The van der Waals surface area contributed by atoms with Crippen LogP contribution in [0.15, 0.2) is 0 Å². The maximum absolute atomic E-state index is 11.6. The Morgan fingerprint density at radius 3 is 2.26 bits per heavy atom. The molecule has 19 heavy (non-hydrogen) atoms. The van der Waals surface area contributed by atoms with Crippen LogP contribution in [0.4, 0.5) is 0 Å². The standard InChI is InChI=1S/C17H31NO/c1-2-7-16-8-12-18(13-9-16)14-17(15-19)10-5-3-4-6-11-17/h15-16H,2-14H2,1H3. The number of likely N-dealkylation sites (tertiary alicyclic amines) is 1. The maximum atomic E-state index is 11.6. The monoisotopic (exact) mass is 265 g/mol. The second kappa shape index (κ2) is 7.42. The molecule has 0 spiro atoms. The minimum Gasteiger partial charge on any atom is -0.303 e. The van der Waals surface area contributed by atoms with Gasteiger partial charge in [-0.3, -0.25) is 0 Å². The van der Waals surface area contributed by atoms with Crippen molar-refractivity contribution in [2.75, 3.05) is 19.6 Å². The van der Waals surface area contributed by atoms with E-state index in [9.17, 15) is 4.79 Å². The zero-order chi connectivity index (χ0) is 13.6. The zero-order valence-electron chi connectivity index (χ0n) is 12.7. The molecule has 1 aliphatic heterocycles. The summed E-state index contributed by atoms with van der Waals surface area (Å²) in [6.45, 7) is 5.77. The van der Waals surface area contributed by atoms with E-state index in [0.717, 1.165) is 25.3 Å². The smallest absolute Gasteiger partial charge is 0.127 e. The first-order valence-corrected chi connectivity index (χ1v) is 8.47. The van der Waals surface area contributed by atoms with Gasteiger partial charge >= 0.3 is 0 Å². The van der Waals surface area contributed by atoms with Crippen molar-refractivity contribution >= 4 is 6.29 Å². The first-order chi connectivity index (χ1) is 9.28. The number of rotatable bonds is 5. The summed E-state index contributed by atoms with van der Waals surface area (Å²) in [6.07, 6.45) is 14.1. The molecule has 1 saturated heterocycles. The summed E-state index contributed by atoms with van der Waals surface area (Å²) in [5.74, 6) is 0.947. The van der Waals surface area contributed by atoms with E-state index in [-0.39, 0.29) is 5.41 Å². The fraction of sp³-hybridized carbons (Fsp3) is 0.941.